The maximum Gasteiger partial charge on any atom is 0.273 e. The minimum absolute atomic E-state index is 0.241. The molecule has 0 saturated heterocycles. The summed E-state index contributed by atoms with van der Waals surface area (Å²) < 4.78 is 5.91. The zero-order valence-corrected chi connectivity index (χ0v) is 25.9. The Morgan fingerprint density at radius 2 is 1.27 bits per heavy atom. The first-order valence-electron chi connectivity index (χ1n) is 12.4. The third-order valence-corrected chi connectivity index (χ3v) is 13.0. The number of nitrogens with one attached hydrogen (secondary N) is 1. The van der Waals surface area contributed by atoms with E-state index < -0.39 is 11.1 Å². The Hall–Kier alpha value is -1.24. The van der Waals surface area contributed by atoms with Crippen molar-refractivity contribution in [3.63, 3.8) is 0 Å². The highest BCUT2D eigenvalue weighted by molar-refractivity contribution is 8.17. The average Bonchev–Trinajstić information content (AvgIpc) is 3.65. The lowest BCUT2D eigenvalue weighted by atomic mass is 10.0. The smallest absolute Gasteiger partial charge is 0.273 e. The summed E-state index contributed by atoms with van der Waals surface area (Å²) in [5.74, 6) is 4.53. The van der Waals surface area contributed by atoms with Crippen LogP contribution in [0.25, 0.3) is 0 Å². The summed E-state index contributed by atoms with van der Waals surface area (Å²) in [5, 5.41) is 7.03. The van der Waals surface area contributed by atoms with Gasteiger partial charge in [0, 0.05) is 36.0 Å². The SMILES string of the molecule is CNC(=O)c1nc(C2(C)CSC(C3(C)CSC(C4(C)CSC(C5(C)CSC(C(C)C)=N5)=N4)=N3)=N2)oc1C. The van der Waals surface area contributed by atoms with Crippen molar-refractivity contribution < 1.29 is 9.21 Å². The van der Waals surface area contributed by atoms with Gasteiger partial charge in [-0.05, 0) is 34.6 Å². The largest absolute Gasteiger partial charge is 0.442 e. The zero-order chi connectivity index (χ0) is 26.8. The number of nitrogens with zero attached hydrogens (tertiary/aromatic N) is 5. The van der Waals surface area contributed by atoms with Gasteiger partial charge in [0.25, 0.3) is 5.91 Å². The quantitative estimate of drug-likeness (QED) is 0.502. The number of oxazole rings is 1. The first-order chi connectivity index (χ1) is 17.3. The van der Waals surface area contributed by atoms with E-state index in [1.807, 2.05) is 30.4 Å². The minimum atomic E-state index is -0.637. The second kappa shape index (κ2) is 9.45. The molecular formula is C25H34N6O2S4. The van der Waals surface area contributed by atoms with Gasteiger partial charge >= 0.3 is 0 Å². The molecule has 8 nitrogen and oxygen atoms in total. The fraction of sp³-hybridized carbons (Fsp3) is 0.680. The summed E-state index contributed by atoms with van der Waals surface area (Å²) in [5.41, 5.74) is -1.33. The van der Waals surface area contributed by atoms with Crippen molar-refractivity contribution in [2.75, 3.05) is 30.1 Å². The molecular weight excluding hydrogens is 545 g/mol. The van der Waals surface area contributed by atoms with Gasteiger partial charge in [-0.25, -0.2) is 4.98 Å². The molecule has 4 aliphatic rings. The lowest BCUT2D eigenvalue weighted by Crippen LogP contribution is -2.34. The summed E-state index contributed by atoms with van der Waals surface area (Å²) in [6.45, 7) is 14.8. The molecule has 5 rings (SSSR count). The summed E-state index contributed by atoms with van der Waals surface area (Å²) in [6.07, 6.45) is 0. The number of carbonyl (C=O) groups excluding carboxylic acids is 1. The lowest BCUT2D eigenvalue weighted by Gasteiger charge is -2.21. The molecule has 0 spiro atoms. The van der Waals surface area contributed by atoms with Gasteiger partial charge in [0.15, 0.2) is 5.69 Å². The summed E-state index contributed by atoms with van der Waals surface area (Å²) >= 11 is 7.19. The normalized spacial score (nSPS) is 35.6. The van der Waals surface area contributed by atoms with Gasteiger partial charge < -0.3 is 9.73 Å². The van der Waals surface area contributed by atoms with Gasteiger partial charge in [0.05, 0.1) is 20.2 Å². The van der Waals surface area contributed by atoms with E-state index in [4.69, 9.17) is 24.4 Å². The third kappa shape index (κ3) is 4.74. The Labute approximate surface area is 235 Å². The van der Waals surface area contributed by atoms with Crippen LogP contribution in [0.15, 0.2) is 24.4 Å². The van der Waals surface area contributed by atoms with Crippen molar-refractivity contribution in [3.8, 4) is 0 Å². The van der Waals surface area contributed by atoms with E-state index >= 15 is 0 Å². The number of carbonyl (C=O) groups is 1. The van der Waals surface area contributed by atoms with E-state index in [0.717, 1.165) is 32.4 Å². The molecule has 200 valence electrons. The van der Waals surface area contributed by atoms with Crippen molar-refractivity contribution in [1.29, 1.82) is 0 Å². The fourth-order valence-corrected chi connectivity index (χ4v) is 9.96. The van der Waals surface area contributed by atoms with Gasteiger partial charge in [-0.1, -0.05) is 13.8 Å². The molecule has 5 heterocycles. The standard InChI is InChI=1S/C25H34N6O2S4/c1-13(2)17-28-23(5,10-34-17)19-30-25(7,12-36-19)21-31-24(6,11-37-21)20-29-22(4,9-35-20)18-27-15(14(3)33-18)16(32)26-8/h13H,9-12H2,1-8H3,(H,26,32). The topological polar surface area (TPSA) is 105 Å². The number of hydrogen-bond acceptors (Lipinski definition) is 11. The van der Waals surface area contributed by atoms with Crippen LogP contribution in [0.1, 0.15) is 63.7 Å². The summed E-state index contributed by atoms with van der Waals surface area (Å²) in [6, 6.07) is 0. The van der Waals surface area contributed by atoms with Crippen LogP contribution in [-0.4, -0.2) is 77.7 Å². The van der Waals surface area contributed by atoms with E-state index in [-0.39, 0.29) is 17.0 Å². The highest BCUT2D eigenvalue weighted by atomic mass is 32.2. The number of aromatic nitrogens is 1. The number of amides is 1. The van der Waals surface area contributed by atoms with Crippen LogP contribution in [0, 0.1) is 12.8 Å². The van der Waals surface area contributed by atoms with E-state index in [2.05, 4.69) is 44.9 Å². The predicted molar refractivity (Wildman–Crippen MR) is 162 cm³/mol. The van der Waals surface area contributed by atoms with Crippen molar-refractivity contribution in [1.82, 2.24) is 10.3 Å². The Morgan fingerprint density at radius 1 is 0.811 bits per heavy atom. The van der Waals surface area contributed by atoms with Crippen molar-refractivity contribution >= 4 is 73.1 Å². The molecule has 0 aliphatic carbocycles. The second-order valence-electron chi connectivity index (χ2n) is 11.1. The van der Waals surface area contributed by atoms with Crippen LogP contribution < -0.4 is 5.32 Å². The Kier molecular flexibility index (Phi) is 6.98. The van der Waals surface area contributed by atoms with Crippen molar-refractivity contribution in [3.05, 3.63) is 17.3 Å². The number of aliphatic imine (C=N–C) groups is 4. The van der Waals surface area contributed by atoms with Crippen LogP contribution >= 0.6 is 47.0 Å². The maximum atomic E-state index is 12.1. The highest BCUT2D eigenvalue weighted by Gasteiger charge is 2.50. The molecule has 0 bridgehead atoms. The van der Waals surface area contributed by atoms with E-state index in [1.54, 1.807) is 37.5 Å². The van der Waals surface area contributed by atoms with E-state index in [9.17, 15) is 4.79 Å². The molecule has 4 atom stereocenters. The van der Waals surface area contributed by atoms with Crippen LogP contribution in [0.3, 0.4) is 0 Å². The van der Waals surface area contributed by atoms with E-state index in [1.165, 1.54) is 5.04 Å². The lowest BCUT2D eigenvalue weighted by molar-refractivity contribution is 0.0957. The molecule has 0 saturated carbocycles. The van der Waals surface area contributed by atoms with Gasteiger partial charge in [-0.15, -0.1) is 47.0 Å². The third-order valence-electron chi connectivity index (χ3n) is 6.95. The molecule has 4 aliphatic heterocycles. The molecule has 0 radical (unpaired) electrons. The highest BCUT2D eigenvalue weighted by Crippen LogP contribution is 2.47. The van der Waals surface area contributed by atoms with Crippen LogP contribution in [0.4, 0.5) is 0 Å². The Balaban J connectivity index is 1.39. The summed E-state index contributed by atoms with van der Waals surface area (Å²) in [4.78, 5) is 37.3. The minimum Gasteiger partial charge on any atom is -0.442 e. The number of thioether (sulfide) groups is 4. The number of rotatable bonds is 6. The summed E-state index contributed by atoms with van der Waals surface area (Å²) in [7, 11) is 1.59. The van der Waals surface area contributed by atoms with Gasteiger partial charge in [0.2, 0.25) is 5.89 Å². The number of hydrogen-bond donors (Lipinski definition) is 1. The molecule has 1 N–H and O–H groups in total. The predicted octanol–water partition coefficient (Wildman–Crippen LogP) is 5.07. The average molecular weight is 579 g/mol. The molecule has 0 aromatic carbocycles. The monoisotopic (exact) mass is 578 g/mol. The van der Waals surface area contributed by atoms with Crippen molar-refractivity contribution in [2.24, 2.45) is 25.9 Å². The first kappa shape index (κ1) is 27.3. The molecule has 1 aromatic heterocycles. The molecule has 0 fully saturated rings. The molecule has 1 aromatic rings. The molecule has 1 amide bonds. The van der Waals surface area contributed by atoms with E-state index in [0.29, 0.717) is 29.0 Å². The van der Waals surface area contributed by atoms with Crippen LogP contribution in [0.2, 0.25) is 0 Å². The molecule has 37 heavy (non-hydrogen) atoms. The van der Waals surface area contributed by atoms with Crippen LogP contribution in [0.5, 0.6) is 0 Å². The zero-order valence-electron chi connectivity index (χ0n) is 22.6. The maximum absolute atomic E-state index is 12.1. The molecule has 12 heteroatoms. The first-order valence-corrected chi connectivity index (χ1v) is 16.4. The molecule has 4 unspecified atom stereocenters. The Bertz CT molecular complexity index is 1270. The van der Waals surface area contributed by atoms with Crippen LogP contribution in [-0.2, 0) is 5.54 Å². The number of aryl methyl sites for hydroxylation is 1. The van der Waals surface area contributed by atoms with Gasteiger partial charge in [-0.2, -0.15) is 0 Å². The fourth-order valence-electron chi connectivity index (χ4n) is 4.53. The Morgan fingerprint density at radius 3 is 1.76 bits per heavy atom. The van der Waals surface area contributed by atoms with Gasteiger partial charge in [0.1, 0.15) is 27.9 Å². The van der Waals surface area contributed by atoms with Gasteiger partial charge in [-0.3, -0.25) is 24.8 Å². The van der Waals surface area contributed by atoms with Crippen molar-refractivity contribution in [2.45, 2.75) is 70.6 Å². The second-order valence-corrected chi connectivity index (χ2v) is 15.0.